The van der Waals surface area contributed by atoms with E-state index >= 15 is 0 Å². The number of amides is 1. The molecule has 0 aliphatic carbocycles. The largest absolute Gasteiger partial charge is 0.493 e. The van der Waals surface area contributed by atoms with Gasteiger partial charge in [0.25, 0.3) is 5.91 Å². The Labute approximate surface area is 248 Å². The summed E-state index contributed by atoms with van der Waals surface area (Å²) >= 11 is 0. The van der Waals surface area contributed by atoms with Gasteiger partial charge in [0, 0.05) is 68.9 Å². The number of nitrogens with one attached hydrogen (secondary N) is 3. The first kappa shape index (κ1) is 29.1. The molecule has 9 nitrogen and oxygen atoms in total. The summed E-state index contributed by atoms with van der Waals surface area (Å²) < 4.78 is 5.95. The van der Waals surface area contributed by atoms with Gasteiger partial charge in [-0.15, -0.1) is 0 Å². The Kier molecular flexibility index (Phi) is 10.4. The van der Waals surface area contributed by atoms with E-state index in [2.05, 4.69) is 68.0 Å². The second-order valence-electron chi connectivity index (χ2n) is 10.4. The van der Waals surface area contributed by atoms with Crippen LogP contribution in [0.3, 0.4) is 0 Å². The first-order valence-electron chi connectivity index (χ1n) is 14.7. The molecule has 2 aliphatic heterocycles. The number of piperazine rings is 1. The molecule has 42 heavy (non-hydrogen) atoms. The van der Waals surface area contributed by atoms with Crippen molar-refractivity contribution in [3.63, 3.8) is 0 Å². The highest BCUT2D eigenvalue weighted by molar-refractivity contribution is 5.93. The molecule has 0 saturated carbocycles. The predicted molar refractivity (Wildman–Crippen MR) is 168 cm³/mol. The highest BCUT2D eigenvalue weighted by Crippen LogP contribution is 2.25. The maximum absolute atomic E-state index is 12.0. The van der Waals surface area contributed by atoms with E-state index in [1.54, 1.807) is 13.1 Å². The van der Waals surface area contributed by atoms with Gasteiger partial charge in [0.2, 0.25) is 5.95 Å². The number of carbonyl (C=O) groups excluding carboxylic acids is 1. The van der Waals surface area contributed by atoms with E-state index in [1.807, 2.05) is 35.2 Å². The van der Waals surface area contributed by atoms with Gasteiger partial charge in [0.1, 0.15) is 5.75 Å². The molecule has 218 valence electrons. The van der Waals surface area contributed by atoms with Crippen LogP contribution >= 0.6 is 0 Å². The minimum absolute atomic E-state index is 0.0660. The molecule has 3 N–H and O–H groups in total. The highest BCUT2D eigenvalue weighted by Gasteiger charge is 2.19. The zero-order valence-corrected chi connectivity index (χ0v) is 24.2. The molecule has 2 aromatic carbocycles. The molecule has 9 heteroatoms. The van der Waals surface area contributed by atoms with Crippen LogP contribution in [-0.4, -0.2) is 78.1 Å². The predicted octanol–water partition coefficient (Wildman–Crippen LogP) is 4.29. The van der Waals surface area contributed by atoms with Crippen LogP contribution in [0.1, 0.15) is 25.3 Å². The molecule has 1 saturated heterocycles. The molecule has 3 heterocycles. The topological polar surface area (TPSA) is 94.7 Å². The van der Waals surface area contributed by atoms with E-state index < -0.39 is 0 Å². The van der Waals surface area contributed by atoms with Crippen LogP contribution in [0.25, 0.3) is 11.3 Å². The number of rotatable bonds is 5. The normalized spacial score (nSPS) is 16.5. The summed E-state index contributed by atoms with van der Waals surface area (Å²) in [6.07, 6.45) is 7.93. The number of fused-ring (bicyclic) bond motifs is 7. The Balaban J connectivity index is 1.24. The lowest BCUT2D eigenvalue weighted by molar-refractivity contribution is -0.126. The molecule has 0 radical (unpaired) electrons. The van der Waals surface area contributed by atoms with E-state index in [0.29, 0.717) is 12.6 Å². The highest BCUT2D eigenvalue weighted by atomic mass is 16.5. The van der Waals surface area contributed by atoms with E-state index in [4.69, 9.17) is 9.72 Å². The smallest absolute Gasteiger partial charge is 0.298 e. The Bertz CT molecular complexity index is 1440. The second-order valence-corrected chi connectivity index (χ2v) is 10.4. The molecular weight excluding hydrogens is 526 g/mol. The third kappa shape index (κ3) is 8.56. The van der Waals surface area contributed by atoms with Crippen LogP contribution < -0.4 is 20.7 Å². The van der Waals surface area contributed by atoms with Crippen molar-refractivity contribution in [2.24, 2.45) is 0 Å². The minimum atomic E-state index is -0.0660. The summed E-state index contributed by atoms with van der Waals surface area (Å²) in [6, 6.07) is 16.4. The summed E-state index contributed by atoms with van der Waals surface area (Å²) in [4.78, 5) is 25.5. The SMILES string of the molecule is CC#CC(=O)N1CCN(CCCNc2cc3cc(c2)Nc2nccc(n2)-c2cccc(c2)OCC/C=C/CNC3)CC1. The zero-order chi connectivity index (χ0) is 29.0. The lowest BCUT2D eigenvalue weighted by atomic mass is 10.1. The molecule has 6 bridgehead atoms. The van der Waals surface area contributed by atoms with Crippen LogP contribution in [0.5, 0.6) is 5.75 Å². The van der Waals surface area contributed by atoms with Crippen LogP contribution in [0, 0.1) is 11.8 Å². The van der Waals surface area contributed by atoms with Gasteiger partial charge in [0.15, 0.2) is 0 Å². The zero-order valence-electron chi connectivity index (χ0n) is 24.2. The summed E-state index contributed by atoms with van der Waals surface area (Å²) in [6.45, 7) is 8.93. The second kappa shape index (κ2) is 15.0. The number of hydrogen-bond donors (Lipinski definition) is 3. The molecule has 0 spiro atoms. The number of ether oxygens (including phenoxy) is 1. The van der Waals surface area contributed by atoms with Crippen molar-refractivity contribution in [2.75, 3.05) is 63.1 Å². The van der Waals surface area contributed by atoms with Crippen molar-refractivity contribution in [3.05, 3.63) is 72.4 Å². The Morgan fingerprint density at radius 2 is 2.00 bits per heavy atom. The van der Waals surface area contributed by atoms with Gasteiger partial charge >= 0.3 is 0 Å². The molecular formula is C33H39N7O2. The third-order valence-corrected chi connectivity index (χ3v) is 7.22. The van der Waals surface area contributed by atoms with Crippen molar-refractivity contribution in [1.82, 2.24) is 25.1 Å². The summed E-state index contributed by atoms with van der Waals surface area (Å²) in [5, 5.41) is 10.5. The van der Waals surface area contributed by atoms with Crippen LogP contribution in [-0.2, 0) is 11.3 Å². The average Bonchev–Trinajstić information content (AvgIpc) is 3.01. The lowest BCUT2D eigenvalue weighted by Gasteiger charge is -2.33. The average molecular weight is 566 g/mol. The number of hydrogen-bond acceptors (Lipinski definition) is 8. The number of anilines is 3. The van der Waals surface area contributed by atoms with Crippen LogP contribution in [0.4, 0.5) is 17.3 Å². The fraction of sp³-hybridized carbons (Fsp3) is 0.364. The van der Waals surface area contributed by atoms with Gasteiger partial charge in [-0.3, -0.25) is 9.69 Å². The van der Waals surface area contributed by atoms with Gasteiger partial charge in [-0.2, -0.15) is 0 Å². The van der Waals surface area contributed by atoms with Gasteiger partial charge in [0.05, 0.1) is 12.3 Å². The Morgan fingerprint density at radius 1 is 1.10 bits per heavy atom. The maximum Gasteiger partial charge on any atom is 0.298 e. The number of aromatic nitrogens is 2. The van der Waals surface area contributed by atoms with E-state index in [1.165, 1.54) is 5.56 Å². The van der Waals surface area contributed by atoms with E-state index in [-0.39, 0.29) is 5.91 Å². The fourth-order valence-electron chi connectivity index (χ4n) is 5.06. The van der Waals surface area contributed by atoms with Crippen molar-refractivity contribution in [2.45, 2.75) is 26.3 Å². The Hall–Kier alpha value is -4.39. The van der Waals surface area contributed by atoms with Gasteiger partial charge < -0.3 is 25.6 Å². The molecule has 3 aromatic rings. The summed E-state index contributed by atoms with van der Waals surface area (Å²) in [7, 11) is 0. The number of carbonyl (C=O) groups is 1. The van der Waals surface area contributed by atoms with Gasteiger partial charge in [-0.1, -0.05) is 30.2 Å². The van der Waals surface area contributed by atoms with E-state index in [9.17, 15) is 4.79 Å². The minimum Gasteiger partial charge on any atom is -0.493 e. The monoisotopic (exact) mass is 565 g/mol. The summed E-state index contributed by atoms with van der Waals surface area (Å²) in [5.74, 6) is 6.65. The van der Waals surface area contributed by atoms with Crippen LogP contribution in [0.15, 0.2) is 66.9 Å². The van der Waals surface area contributed by atoms with Gasteiger partial charge in [-0.25, -0.2) is 9.97 Å². The van der Waals surface area contributed by atoms with Crippen molar-refractivity contribution in [1.29, 1.82) is 0 Å². The molecule has 1 aromatic heterocycles. The molecule has 2 aliphatic rings. The summed E-state index contributed by atoms with van der Waals surface area (Å²) in [5.41, 5.74) is 4.96. The third-order valence-electron chi connectivity index (χ3n) is 7.22. The Morgan fingerprint density at radius 3 is 2.88 bits per heavy atom. The van der Waals surface area contributed by atoms with Crippen molar-refractivity contribution in [3.8, 4) is 28.8 Å². The number of nitrogens with zero attached hydrogens (tertiary/aromatic N) is 4. The fourth-order valence-corrected chi connectivity index (χ4v) is 5.06. The molecule has 1 amide bonds. The first-order valence-corrected chi connectivity index (χ1v) is 14.7. The molecule has 0 unspecified atom stereocenters. The lowest BCUT2D eigenvalue weighted by Crippen LogP contribution is -2.48. The standard InChI is InChI=1S/C33H39N7O2/c1-2-8-32(41)40-18-16-39(17-19-40)15-7-13-35-28-21-26-22-29(24-28)37-33-36-14-11-31(38-33)27-9-6-10-30(23-27)42-20-5-3-4-12-34-25-26/h3-4,6,9-11,14,21-24,34-35H,5,7,12-13,15-20,25H2,1H3,(H,36,37,38)/b4-3+. The van der Waals surface area contributed by atoms with Crippen LogP contribution in [0.2, 0.25) is 0 Å². The molecule has 5 rings (SSSR count). The number of benzene rings is 2. The first-order chi connectivity index (χ1) is 20.7. The maximum atomic E-state index is 12.0. The van der Waals surface area contributed by atoms with Gasteiger partial charge in [-0.05, 0) is 74.2 Å². The van der Waals surface area contributed by atoms with Crippen molar-refractivity contribution < 1.29 is 9.53 Å². The van der Waals surface area contributed by atoms with E-state index in [0.717, 1.165) is 93.6 Å². The quantitative estimate of drug-likeness (QED) is 0.240. The molecule has 1 fully saturated rings. The van der Waals surface area contributed by atoms with Crippen molar-refractivity contribution >= 4 is 23.2 Å². The molecule has 0 atom stereocenters.